The maximum Gasteiger partial charge on any atom is 0.135 e. The summed E-state index contributed by atoms with van der Waals surface area (Å²) in [6.45, 7) is 11.5. The zero-order valence-electron chi connectivity index (χ0n) is 17.5. The summed E-state index contributed by atoms with van der Waals surface area (Å²) in [5.41, 5.74) is 4.08. The first-order chi connectivity index (χ1) is 14.0. The molecule has 2 fully saturated rings. The van der Waals surface area contributed by atoms with Gasteiger partial charge in [0.1, 0.15) is 48.1 Å². The molecule has 1 aromatic heterocycles. The number of benzene rings is 2. The van der Waals surface area contributed by atoms with Gasteiger partial charge in [0.15, 0.2) is 0 Å². The highest BCUT2D eigenvalue weighted by molar-refractivity contribution is 6.06. The summed E-state index contributed by atoms with van der Waals surface area (Å²) < 4.78 is 29.1. The summed E-state index contributed by atoms with van der Waals surface area (Å²) in [6, 6.07) is 8.47. The lowest BCUT2D eigenvalue weighted by molar-refractivity contribution is 0.260. The van der Waals surface area contributed by atoms with Crippen LogP contribution in [-0.2, 0) is 9.47 Å². The van der Waals surface area contributed by atoms with Gasteiger partial charge in [0.2, 0.25) is 0 Å². The molecule has 5 heteroatoms. The first-order valence-corrected chi connectivity index (χ1v) is 10.5. The average molecular weight is 396 g/mol. The monoisotopic (exact) mass is 396 g/mol. The fourth-order valence-electron chi connectivity index (χ4n) is 3.71. The Morgan fingerprint density at radius 2 is 1.17 bits per heavy atom. The minimum atomic E-state index is 0.227. The minimum Gasteiger partial charge on any atom is -0.490 e. The number of hydrogen-bond acceptors (Lipinski definition) is 5. The number of ether oxygens (including phenoxy) is 4. The average Bonchev–Trinajstić information content (AvgIpc) is 3.61. The van der Waals surface area contributed by atoms with Crippen LogP contribution in [0.5, 0.6) is 11.5 Å². The van der Waals surface area contributed by atoms with Crippen LogP contribution in [0.4, 0.5) is 0 Å². The Morgan fingerprint density at radius 1 is 0.759 bits per heavy atom. The summed E-state index contributed by atoms with van der Waals surface area (Å²) in [7, 11) is 0. The second kappa shape index (κ2) is 7.22. The molecule has 2 aliphatic heterocycles. The maximum atomic E-state index is 6.26. The van der Waals surface area contributed by atoms with Gasteiger partial charge in [-0.25, -0.2) is 0 Å². The van der Waals surface area contributed by atoms with Crippen LogP contribution in [0, 0.1) is 0 Å². The Bertz CT molecular complexity index is 958. The highest BCUT2D eigenvalue weighted by Gasteiger charge is 2.26. The van der Waals surface area contributed by atoms with Gasteiger partial charge in [0.25, 0.3) is 0 Å². The second-order valence-corrected chi connectivity index (χ2v) is 8.72. The van der Waals surface area contributed by atoms with E-state index in [1.165, 1.54) is 0 Å². The van der Waals surface area contributed by atoms with Crippen molar-refractivity contribution in [3.05, 3.63) is 35.4 Å². The van der Waals surface area contributed by atoms with Crippen LogP contribution >= 0.6 is 0 Å². The summed E-state index contributed by atoms with van der Waals surface area (Å²) in [5, 5.41) is 2.11. The van der Waals surface area contributed by atoms with Gasteiger partial charge in [-0.3, -0.25) is 0 Å². The Balaban J connectivity index is 1.60. The lowest BCUT2D eigenvalue weighted by atomic mass is 9.98. The Hall–Kier alpha value is -2.24. The maximum absolute atomic E-state index is 6.26. The molecule has 5 rings (SSSR count). The molecule has 0 aliphatic carbocycles. The zero-order valence-corrected chi connectivity index (χ0v) is 17.5. The van der Waals surface area contributed by atoms with E-state index < -0.39 is 0 Å². The Kier molecular flexibility index (Phi) is 4.67. The lowest BCUT2D eigenvalue weighted by Gasteiger charge is -2.14. The van der Waals surface area contributed by atoms with Gasteiger partial charge in [-0.2, -0.15) is 0 Å². The van der Waals surface area contributed by atoms with Crippen molar-refractivity contribution in [2.75, 3.05) is 26.4 Å². The standard InChI is InChI=1S/C24H28O5/c1-13(2)17-5-23-19(7-21(17)27-11-15-9-25-15)20-8-22(28-12-16-10-26-16)18(14(3)4)6-24(20)29-23/h5-8,13-16H,9-12H2,1-4H3. The van der Waals surface area contributed by atoms with Crippen LogP contribution < -0.4 is 9.47 Å². The number of epoxide rings is 2. The van der Waals surface area contributed by atoms with Crippen LogP contribution in [0.1, 0.15) is 50.7 Å². The number of fused-ring (bicyclic) bond motifs is 3. The van der Waals surface area contributed by atoms with Crippen molar-refractivity contribution in [3.63, 3.8) is 0 Å². The van der Waals surface area contributed by atoms with Gasteiger partial charge in [-0.1, -0.05) is 27.7 Å². The van der Waals surface area contributed by atoms with E-state index in [2.05, 4.69) is 52.0 Å². The van der Waals surface area contributed by atoms with Crippen LogP contribution in [0.25, 0.3) is 21.9 Å². The van der Waals surface area contributed by atoms with Crippen LogP contribution in [-0.4, -0.2) is 38.6 Å². The van der Waals surface area contributed by atoms with E-state index in [4.69, 9.17) is 23.4 Å². The van der Waals surface area contributed by atoms with Crippen molar-refractivity contribution in [2.45, 2.75) is 51.7 Å². The van der Waals surface area contributed by atoms with E-state index in [0.29, 0.717) is 25.0 Å². The molecule has 2 atom stereocenters. The summed E-state index contributed by atoms with van der Waals surface area (Å²) >= 11 is 0. The van der Waals surface area contributed by atoms with Crippen LogP contribution in [0.3, 0.4) is 0 Å². The molecule has 0 spiro atoms. The van der Waals surface area contributed by atoms with E-state index in [0.717, 1.165) is 57.8 Å². The number of hydrogen-bond donors (Lipinski definition) is 0. The van der Waals surface area contributed by atoms with Crippen LogP contribution in [0.15, 0.2) is 28.7 Å². The molecular formula is C24H28O5. The van der Waals surface area contributed by atoms with Gasteiger partial charge in [-0.15, -0.1) is 0 Å². The smallest absolute Gasteiger partial charge is 0.135 e. The van der Waals surface area contributed by atoms with E-state index in [1.807, 2.05) is 0 Å². The molecule has 3 heterocycles. The minimum absolute atomic E-state index is 0.227. The fourth-order valence-corrected chi connectivity index (χ4v) is 3.71. The first kappa shape index (κ1) is 18.8. The third kappa shape index (κ3) is 3.81. The number of rotatable bonds is 8. The molecule has 2 aliphatic rings. The summed E-state index contributed by atoms with van der Waals surface area (Å²) in [5.74, 6) is 2.50. The molecule has 29 heavy (non-hydrogen) atoms. The molecule has 0 saturated carbocycles. The summed E-state index contributed by atoms with van der Waals surface area (Å²) in [6.07, 6.45) is 0.454. The molecule has 3 aromatic rings. The summed E-state index contributed by atoms with van der Waals surface area (Å²) in [4.78, 5) is 0. The molecule has 2 unspecified atom stereocenters. The third-order valence-electron chi connectivity index (χ3n) is 5.63. The highest BCUT2D eigenvalue weighted by Crippen LogP contribution is 2.40. The molecule has 5 nitrogen and oxygen atoms in total. The molecule has 0 amide bonds. The van der Waals surface area contributed by atoms with E-state index in [1.54, 1.807) is 0 Å². The van der Waals surface area contributed by atoms with Crippen molar-refractivity contribution < 1.29 is 23.4 Å². The van der Waals surface area contributed by atoms with E-state index in [9.17, 15) is 0 Å². The fraction of sp³-hybridized carbons (Fsp3) is 0.500. The van der Waals surface area contributed by atoms with Gasteiger partial charge in [0.05, 0.1) is 13.2 Å². The van der Waals surface area contributed by atoms with Gasteiger partial charge in [0, 0.05) is 21.9 Å². The molecule has 154 valence electrons. The predicted molar refractivity (Wildman–Crippen MR) is 112 cm³/mol. The van der Waals surface area contributed by atoms with Crippen molar-refractivity contribution in [2.24, 2.45) is 0 Å². The molecular weight excluding hydrogens is 368 g/mol. The van der Waals surface area contributed by atoms with E-state index >= 15 is 0 Å². The van der Waals surface area contributed by atoms with Crippen molar-refractivity contribution in [3.8, 4) is 11.5 Å². The Morgan fingerprint density at radius 3 is 1.52 bits per heavy atom. The van der Waals surface area contributed by atoms with Gasteiger partial charge < -0.3 is 23.4 Å². The Labute approximate surface area is 170 Å². The number of furan rings is 1. The largest absolute Gasteiger partial charge is 0.490 e. The first-order valence-electron chi connectivity index (χ1n) is 10.5. The van der Waals surface area contributed by atoms with Crippen molar-refractivity contribution in [1.82, 2.24) is 0 Å². The molecule has 0 radical (unpaired) electrons. The predicted octanol–water partition coefficient (Wildman–Crippen LogP) is 5.39. The normalized spacial score (nSPS) is 20.8. The van der Waals surface area contributed by atoms with Crippen molar-refractivity contribution >= 4 is 21.9 Å². The molecule has 0 N–H and O–H groups in total. The van der Waals surface area contributed by atoms with E-state index in [-0.39, 0.29) is 12.2 Å². The van der Waals surface area contributed by atoms with Gasteiger partial charge >= 0.3 is 0 Å². The SMILES string of the molecule is CC(C)c1cc2oc3cc(C(C)C)c(OCC4CO4)cc3c2cc1OCC1CO1. The molecule has 2 saturated heterocycles. The third-order valence-corrected chi connectivity index (χ3v) is 5.63. The molecule has 2 aromatic carbocycles. The second-order valence-electron chi connectivity index (χ2n) is 8.72. The van der Waals surface area contributed by atoms with Gasteiger partial charge in [-0.05, 0) is 36.1 Å². The molecule has 0 bridgehead atoms. The van der Waals surface area contributed by atoms with Crippen molar-refractivity contribution in [1.29, 1.82) is 0 Å². The highest BCUT2D eigenvalue weighted by atomic mass is 16.6. The zero-order chi connectivity index (χ0) is 20.1. The topological polar surface area (TPSA) is 56.7 Å². The quantitative estimate of drug-likeness (QED) is 0.478. The van der Waals surface area contributed by atoms with Crippen LogP contribution in [0.2, 0.25) is 0 Å². The lowest BCUT2D eigenvalue weighted by Crippen LogP contribution is -2.06.